The first kappa shape index (κ1) is 18.7. The van der Waals surface area contributed by atoms with Crippen LogP contribution in [-0.4, -0.2) is 27.2 Å². The molecule has 0 unspecified atom stereocenters. The van der Waals surface area contributed by atoms with E-state index in [1.807, 2.05) is 0 Å². The first-order valence-electron chi connectivity index (χ1n) is 8.35. The summed E-state index contributed by atoms with van der Waals surface area (Å²) >= 11 is 0. The van der Waals surface area contributed by atoms with Crippen LogP contribution >= 0.6 is 0 Å². The number of aromatic hydroxyl groups is 2. The second-order valence-electron chi connectivity index (χ2n) is 6.16. The van der Waals surface area contributed by atoms with Gasteiger partial charge in [0.2, 0.25) is 0 Å². The molecule has 4 heteroatoms. The summed E-state index contributed by atoms with van der Waals surface area (Å²) in [6.07, 6.45) is 1.87. The second kappa shape index (κ2) is 7.99. The molecule has 2 atom stereocenters. The molecule has 0 aromatic heterocycles. The van der Waals surface area contributed by atoms with Crippen molar-refractivity contribution in [2.45, 2.75) is 38.7 Å². The van der Waals surface area contributed by atoms with E-state index in [0.29, 0.717) is 29.5 Å². The van der Waals surface area contributed by atoms with Gasteiger partial charge in [0.25, 0.3) is 0 Å². The van der Waals surface area contributed by atoms with Crippen molar-refractivity contribution in [3.05, 3.63) is 60.2 Å². The number of phenols is 2. The summed E-state index contributed by atoms with van der Waals surface area (Å²) in [6.45, 7) is 7.04. The topological polar surface area (TPSA) is 77.8 Å². The second-order valence-corrected chi connectivity index (χ2v) is 6.16. The lowest BCUT2D eigenvalue weighted by atomic mass is 9.86. The Labute approximate surface area is 148 Å². The molecule has 3 N–H and O–H groups in total. The maximum Gasteiger partial charge on any atom is 0.142 e. The van der Waals surface area contributed by atoms with Gasteiger partial charge >= 0.3 is 0 Å². The Bertz CT molecular complexity index is 777. The highest BCUT2D eigenvalue weighted by molar-refractivity contribution is 5.87. The molecule has 0 saturated heterocycles. The average molecular weight is 340 g/mol. The largest absolute Gasteiger partial charge is 0.507 e. The SMILES string of the molecule is C=CCc1ccc(O)c(-c2cc([C@@H](C(=O)CC)[C@H](C)O)ccc2O)c1. The Morgan fingerprint density at radius 2 is 1.72 bits per heavy atom. The van der Waals surface area contributed by atoms with E-state index < -0.39 is 12.0 Å². The Morgan fingerprint density at radius 3 is 2.28 bits per heavy atom. The normalized spacial score (nSPS) is 13.2. The van der Waals surface area contributed by atoms with Crippen molar-refractivity contribution in [3.63, 3.8) is 0 Å². The van der Waals surface area contributed by atoms with Crippen LogP contribution in [0.25, 0.3) is 11.1 Å². The smallest absolute Gasteiger partial charge is 0.142 e. The molecule has 0 aliphatic rings. The molecule has 4 nitrogen and oxygen atoms in total. The van der Waals surface area contributed by atoms with Crippen molar-refractivity contribution in [1.29, 1.82) is 0 Å². The zero-order valence-electron chi connectivity index (χ0n) is 14.6. The van der Waals surface area contributed by atoms with E-state index in [-0.39, 0.29) is 17.3 Å². The fraction of sp³-hybridized carbons (Fsp3) is 0.286. The summed E-state index contributed by atoms with van der Waals surface area (Å²) in [5, 5.41) is 30.5. The number of phenolic OH excluding ortho intramolecular Hbond substituents is 2. The minimum Gasteiger partial charge on any atom is -0.507 e. The number of aliphatic hydroxyl groups is 1. The fourth-order valence-electron chi connectivity index (χ4n) is 3.01. The van der Waals surface area contributed by atoms with Crippen LogP contribution < -0.4 is 0 Å². The number of hydrogen-bond donors (Lipinski definition) is 3. The highest BCUT2D eigenvalue weighted by Gasteiger charge is 2.25. The number of carbonyl (C=O) groups excluding carboxylic acids is 1. The summed E-state index contributed by atoms with van der Waals surface area (Å²) in [6, 6.07) is 9.93. The predicted molar refractivity (Wildman–Crippen MR) is 98.8 cm³/mol. The maximum absolute atomic E-state index is 12.2. The minimum atomic E-state index is -0.842. The van der Waals surface area contributed by atoms with E-state index in [1.54, 1.807) is 50.3 Å². The molecule has 0 fully saturated rings. The molecule has 132 valence electrons. The first-order chi connectivity index (χ1) is 11.9. The van der Waals surface area contributed by atoms with E-state index in [9.17, 15) is 20.1 Å². The molecule has 0 saturated carbocycles. The lowest BCUT2D eigenvalue weighted by Gasteiger charge is -2.20. The molecule has 25 heavy (non-hydrogen) atoms. The van der Waals surface area contributed by atoms with E-state index >= 15 is 0 Å². The van der Waals surface area contributed by atoms with E-state index in [0.717, 1.165) is 5.56 Å². The molecule has 0 heterocycles. The van der Waals surface area contributed by atoms with Gasteiger partial charge in [-0.2, -0.15) is 0 Å². The van der Waals surface area contributed by atoms with Crippen LogP contribution in [-0.2, 0) is 11.2 Å². The van der Waals surface area contributed by atoms with E-state index in [2.05, 4.69) is 6.58 Å². The van der Waals surface area contributed by atoms with Gasteiger partial charge in [-0.1, -0.05) is 25.1 Å². The molecular formula is C21H24O4. The molecule has 0 amide bonds. The zero-order valence-corrected chi connectivity index (χ0v) is 14.6. The van der Waals surface area contributed by atoms with Crippen molar-refractivity contribution in [2.75, 3.05) is 0 Å². The van der Waals surface area contributed by atoms with Crippen LogP contribution in [0, 0.1) is 0 Å². The number of carbonyl (C=O) groups is 1. The van der Waals surface area contributed by atoms with Gasteiger partial charge in [0.05, 0.1) is 12.0 Å². The third kappa shape index (κ3) is 4.09. The molecule has 2 aromatic carbocycles. The molecular weight excluding hydrogens is 316 g/mol. The Hall–Kier alpha value is -2.59. The number of rotatable bonds is 7. The molecule has 0 aliphatic carbocycles. The average Bonchev–Trinajstić information content (AvgIpc) is 2.58. The van der Waals surface area contributed by atoms with Crippen molar-refractivity contribution < 1.29 is 20.1 Å². The summed E-state index contributed by atoms with van der Waals surface area (Å²) in [5.41, 5.74) is 2.47. The maximum atomic E-state index is 12.2. The van der Waals surface area contributed by atoms with Crippen LogP contribution in [0.3, 0.4) is 0 Å². The van der Waals surface area contributed by atoms with Gasteiger partial charge < -0.3 is 15.3 Å². The van der Waals surface area contributed by atoms with Crippen molar-refractivity contribution in [3.8, 4) is 22.6 Å². The van der Waals surface area contributed by atoms with Crippen LogP contribution in [0.5, 0.6) is 11.5 Å². The number of allylic oxidation sites excluding steroid dienone is 1. The molecule has 0 aliphatic heterocycles. The molecule has 2 rings (SSSR count). The summed E-state index contributed by atoms with van der Waals surface area (Å²) in [4.78, 5) is 12.2. The third-order valence-corrected chi connectivity index (χ3v) is 4.29. The lowest BCUT2D eigenvalue weighted by Crippen LogP contribution is -2.23. The first-order valence-corrected chi connectivity index (χ1v) is 8.35. The fourth-order valence-corrected chi connectivity index (χ4v) is 3.01. The number of ketones is 1. The quantitative estimate of drug-likeness (QED) is 0.667. The standard InChI is InChI=1S/C21H24O4/c1-4-6-14-7-9-19(24)16(11-14)17-12-15(8-10-20(17)25)21(13(3)22)18(23)5-2/h4,7-13,21-22,24-25H,1,5-6H2,2-3H3/t13-,21-/m0/s1. The van der Waals surface area contributed by atoms with Gasteiger partial charge in [-0.3, -0.25) is 4.79 Å². The third-order valence-electron chi connectivity index (χ3n) is 4.29. The molecule has 0 spiro atoms. The van der Waals surface area contributed by atoms with Crippen LogP contribution in [0.15, 0.2) is 49.1 Å². The molecule has 0 bridgehead atoms. The monoisotopic (exact) mass is 340 g/mol. The summed E-state index contributed by atoms with van der Waals surface area (Å²) in [7, 11) is 0. The van der Waals surface area contributed by atoms with Gasteiger partial charge in [-0.15, -0.1) is 6.58 Å². The highest BCUT2D eigenvalue weighted by Crippen LogP contribution is 2.38. The predicted octanol–water partition coefficient (Wildman–Crippen LogP) is 3.94. The number of benzene rings is 2. The zero-order chi connectivity index (χ0) is 18.6. The minimum absolute atomic E-state index is 0.00286. The van der Waals surface area contributed by atoms with Crippen LogP contribution in [0.1, 0.15) is 37.3 Å². The Kier molecular flexibility index (Phi) is 5.99. The summed E-state index contributed by atoms with van der Waals surface area (Å²) < 4.78 is 0. The summed E-state index contributed by atoms with van der Waals surface area (Å²) in [5.74, 6) is -0.696. The number of aliphatic hydroxyl groups excluding tert-OH is 1. The van der Waals surface area contributed by atoms with E-state index in [1.165, 1.54) is 6.07 Å². The van der Waals surface area contributed by atoms with Gasteiger partial charge in [0, 0.05) is 17.5 Å². The van der Waals surface area contributed by atoms with Crippen LogP contribution in [0.4, 0.5) is 0 Å². The number of Topliss-reactive ketones (excluding diaryl/α,β-unsaturated/α-hetero) is 1. The van der Waals surface area contributed by atoms with Gasteiger partial charge in [0.1, 0.15) is 17.3 Å². The van der Waals surface area contributed by atoms with Gasteiger partial charge in [-0.25, -0.2) is 0 Å². The lowest BCUT2D eigenvalue weighted by molar-refractivity contribution is -0.122. The Balaban J connectivity index is 2.58. The van der Waals surface area contributed by atoms with Crippen LogP contribution in [0.2, 0.25) is 0 Å². The van der Waals surface area contributed by atoms with E-state index in [4.69, 9.17) is 0 Å². The molecule has 2 aromatic rings. The highest BCUT2D eigenvalue weighted by atomic mass is 16.3. The van der Waals surface area contributed by atoms with Gasteiger partial charge in [-0.05, 0) is 48.7 Å². The molecule has 0 radical (unpaired) electrons. The van der Waals surface area contributed by atoms with Crippen molar-refractivity contribution in [1.82, 2.24) is 0 Å². The number of hydrogen-bond acceptors (Lipinski definition) is 4. The van der Waals surface area contributed by atoms with Crippen molar-refractivity contribution >= 4 is 5.78 Å². The Morgan fingerprint density at radius 1 is 1.12 bits per heavy atom. The van der Waals surface area contributed by atoms with Crippen molar-refractivity contribution in [2.24, 2.45) is 0 Å². The van der Waals surface area contributed by atoms with Gasteiger partial charge in [0.15, 0.2) is 0 Å².